The van der Waals surface area contributed by atoms with Crippen LogP contribution in [0.1, 0.15) is 6.55 Å². The summed E-state index contributed by atoms with van der Waals surface area (Å²) in [5.41, 5.74) is 0. The number of rotatable bonds is 2. The van der Waals surface area contributed by atoms with Gasteiger partial charge < -0.3 is 0 Å². The Labute approximate surface area is 71.0 Å². The second-order valence-corrected chi connectivity index (χ2v) is 3.56. The average Bonchev–Trinajstić information content (AvgIpc) is 2.29. The lowest BCUT2D eigenvalue weighted by Gasteiger charge is -1.95. The van der Waals surface area contributed by atoms with Crippen LogP contribution in [-0.2, 0) is 10.0 Å². The number of sulfonamides is 1. The van der Waals surface area contributed by atoms with E-state index in [0.717, 1.165) is 0 Å². The summed E-state index contributed by atoms with van der Waals surface area (Å²) in [6, 6.07) is 0. The van der Waals surface area contributed by atoms with Crippen LogP contribution in [-0.4, -0.2) is 18.2 Å². The van der Waals surface area contributed by atoms with Gasteiger partial charge in [0.05, 0.1) is 6.20 Å². The molecule has 1 heterocycles. The molecule has 1 aromatic rings. The van der Waals surface area contributed by atoms with Crippen molar-refractivity contribution in [2.45, 2.75) is 11.6 Å². The monoisotopic (exact) mass is 215 g/mol. The molecule has 0 aromatic carbocycles. The first-order chi connectivity index (χ1) is 5.82. The van der Waals surface area contributed by atoms with Gasteiger partial charge in [-0.2, -0.15) is 13.9 Å². The number of halogens is 3. The lowest BCUT2D eigenvalue weighted by molar-refractivity contribution is 0.0551. The normalized spacial score (nSPS) is 12.4. The Morgan fingerprint density at radius 3 is 2.31 bits per heavy atom. The van der Waals surface area contributed by atoms with E-state index in [1.165, 1.54) is 0 Å². The summed E-state index contributed by atoms with van der Waals surface area (Å²) < 4.78 is 57.2. The minimum atomic E-state index is -4.39. The fraction of sp³-hybridized carbons (Fsp3) is 0.250. The number of alkyl halides is 2. The first-order valence-corrected chi connectivity index (χ1v) is 4.42. The molecular formula is C4H4F3N3O2S. The van der Waals surface area contributed by atoms with E-state index in [-0.39, 0.29) is 10.9 Å². The van der Waals surface area contributed by atoms with Crippen LogP contribution in [0.2, 0.25) is 0 Å². The van der Waals surface area contributed by atoms with E-state index in [2.05, 4.69) is 10.2 Å². The molecule has 0 fully saturated rings. The van der Waals surface area contributed by atoms with Gasteiger partial charge in [-0.3, -0.25) is 0 Å². The fourth-order valence-corrected chi connectivity index (χ4v) is 1.18. The van der Waals surface area contributed by atoms with E-state index in [9.17, 15) is 21.6 Å². The van der Waals surface area contributed by atoms with Crippen molar-refractivity contribution in [2.75, 3.05) is 0 Å². The summed E-state index contributed by atoms with van der Waals surface area (Å²) in [5.74, 6) is -1.40. The van der Waals surface area contributed by atoms with Gasteiger partial charge in [-0.05, 0) is 0 Å². The van der Waals surface area contributed by atoms with Crippen molar-refractivity contribution >= 4 is 10.0 Å². The second-order valence-electron chi connectivity index (χ2n) is 2.08. The minimum absolute atomic E-state index is 0.130. The SMILES string of the molecule is NS(=O)(=O)c1nn(C(F)F)cc1F. The molecule has 0 aliphatic rings. The Bertz CT molecular complexity index is 412. The number of nitrogens with zero attached hydrogens (tertiary/aromatic N) is 2. The highest BCUT2D eigenvalue weighted by Crippen LogP contribution is 2.14. The zero-order valence-electron chi connectivity index (χ0n) is 5.99. The van der Waals surface area contributed by atoms with Gasteiger partial charge in [0.1, 0.15) is 0 Å². The van der Waals surface area contributed by atoms with Crippen molar-refractivity contribution in [3.05, 3.63) is 12.0 Å². The van der Waals surface area contributed by atoms with Gasteiger partial charge in [-0.1, -0.05) is 0 Å². The minimum Gasteiger partial charge on any atom is -0.223 e. The van der Waals surface area contributed by atoms with Crippen molar-refractivity contribution in [2.24, 2.45) is 5.14 Å². The summed E-state index contributed by atoms with van der Waals surface area (Å²) in [5, 5.41) is 6.05. The maximum atomic E-state index is 12.6. The maximum absolute atomic E-state index is 12.6. The van der Waals surface area contributed by atoms with E-state index in [4.69, 9.17) is 0 Å². The Kier molecular flexibility index (Phi) is 2.30. The van der Waals surface area contributed by atoms with Crippen LogP contribution in [0.3, 0.4) is 0 Å². The van der Waals surface area contributed by atoms with Gasteiger partial charge in [-0.15, -0.1) is 0 Å². The average molecular weight is 215 g/mol. The van der Waals surface area contributed by atoms with E-state index in [1.807, 2.05) is 0 Å². The van der Waals surface area contributed by atoms with Crippen LogP contribution in [0, 0.1) is 5.82 Å². The van der Waals surface area contributed by atoms with Gasteiger partial charge in [-0.25, -0.2) is 22.6 Å². The molecular weight excluding hydrogens is 211 g/mol. The summed E-state index contributed by atoms with van der Waals surface area (Å²) >= 11 is 0. The quantitative estimate of drug-likeness (QED) is 0.757. The highest BCUT2D eigenvalue weighted by molar-refractivity contribution is 7.89. The van der Waals surface area contributed by atoms with Crippen LogP contribution in [0.4, 0.5) is 13.2 Å². The van der Waals surface area contributed by atoms with Crippen LogP contribution in [0.5, 0.6) is 0 Å². The zero-order valence-corrected chi connectivity index (χ0v) is 6.80. The van der Waals surface area contributed by atoms with Gasteiger partial charge >= 0.3 is 6.55 Å². The topological polar surface area (TPSA) is 78.0 Å². The molecule has 0 saturated carbocycles. The summed E-state index contributed by atoms with van der Waals surface area (Å²) in [6.45, 7) is -3.11. The molecule has 74 valence electrons. The fourth-order valence-electron chi connectivity index (χ4n) is 0.646. The molecule has 2 N–H and O–H groups in total. The van der Waals surface area contributed by atoms with Crippen LogP contribution >= 0.6 is 0 Å². The Morgan fingerprint density at radius 2 is 2.08 bits per heavy atom. The zero-order chi connectivity index (χ0) is 10.2. The van der Waals surface area contributed by atoms with Crippen molar-refractivity contribution in [1.82, 2.24) is 9.78 Å². The third-order valence-corrected chi connectivity index (χ3v) is 1.94. The number of hydrogen-bond donors (Lipinski definition) is 1. The number of aromatic nitrogens is 2. The molecule has 5 nitrogen and oxygen atoms in total. The van der Waals surface area contributed by atoms with Gasteiger partial charge in [0.15, 0.2) is 5.82 Å². The first-order valence-electron chi connectivity index (χ1n) is 2.88. The predicted molar refractivity (Wildman–Crippen MR) is 34.8 cm³/mol. The molecule has 0 radical (unpaired) electrons. The van der Waals surface area contributed by atoms with Crippen molar-refractivity contribution in [1.29, 1.82) is 0 Å². The maximum Gasteiger partial charge on any atom is 0.333 e. The Morgan fingerprint density at radius 1 is 1.54 bits per heavy atom. The van der Waals surface area contributed by atoms with E-state index >= 15 is 0 Å². The van der Waals surface area contributed by atoms with Crippen molar-refractivity contribution in [3.8, 4) is 0 Å². The smallest absolute Gasteiger partial charge is 0.223 e. The molecule has 9 heteroatoms. The van der Waals surface area contributed by atoms with Crippen molar-refractivity contribution < 1.29 is 21.6 Å². The Balaban J connectivity index is 3.27. The third-order valence-electron chi connectivity index (χ3n) is 1.13. The largest absolute Gasteiger partial charge is 0.333 e. The van der Waals surface area contributed by atoms with Crippen LogP contribution < -0.4 is 5.14 Å². The van der Waals surface area contributed by atoms with Crippen LogP contribution in [0.15, 0.2) is 11.2 Å². The summed E-state index contributed by atoms with van der Waals surface area (Å²) in [4.78, 5) is 0. The molecule has 1 rings (SSSR count). The van der Waals surface area contributed by atoms with E-state index in [0.29, 0.717) is 0 Å². The van der Waals surface area contributed by atoms with Gasteiger partial charge in [0, 0.05) is 0 Å². The molecule has 13 heavy (non-hydrogen) atoms. The molecule has 0 aliphatic heterocycles. The standard InChI is InChI=1S/C4H4F3N3O2S/c5-2-1-10(4(6)7)9-3(2)13(8,11)12/h1,4H,(H2,8,11,12). The second kappa shape index (κ2) is 3.00. The van der Waals surface area contributed by atoms with Gasteiger partial charge in [0.2, 0.25) is 5.03 Å². The Hall–Kier alpha value is -1.09. The molecule has 1 aromatic heterocycles. The highest BCUT2D eigenvalue weighted by Gasteiger charge is 2.21. The molecule has 0 amide bonds. The van der Waals surface area contributed by atoms with Crippen molar-refractivity contribution in [3.63, 3.8) is 0 Å². The molecule has 0 bridgehead atoms. The highest BCUT2D eigenvalue weighted by atomic mass is 32.2. The molecule has 0 aliphatic carbocycles. The number of primary sulfonamides is 1. The molecule has 0 saturated heterocycles. The van der Waals surface area contributed by atoms with Gasteiger partial charge in [0.25, 0.3) is 10.0 Å². The molecule has 0 atom stereocenters. The summed E-state index contributed by atoms with van der Waals surface area (Å²) in [6.07, 6.45) is 0.254. The van der Waals surface area contributed by atoms with E-state index in [1.54, 1.807) is 0 Å². The third kappa shape index (κ3) is 1.98. The van der Waals surface area contributed by atoms with Crippen LogP contribution in [0.25, 0.3) is 0 Å². The number of hydrogen-bond acceptors (Lipinski definition) is 3. The first kappa shape index (κ1) is 9.99. The summed E-state index contributed by atoms with van der Waals surface area (Å²) in [7, 11) is -4.39. The predicted octanol–water partition coefficient (Wildman–Crippen LogP) is 0.0647. The number of nitrogens with two attached hydrogens (primary N) is 1. The lowest BCUT2D eigenvalue weighted by Crippen LogP contribution is -2.14. The lowest BCUT2D eigenvalue weighted by atomic mass is 10.7. The molecule has 0 unspecified atom stereocenters. The van der Waals surface area contributed by atoms with E-state index < -0.39 is 27.4 Å². The molecule has 0 spiro atoms.